The van der Waals surface area contributed by atoms with E-state index < -0.39 is 0 Å². The zero-order chi connectivity index (χ0) is 11.2. The quantitative estimate of drug-likeness (QED) is 0.674. The van der Waals surface area contributed by atoms with Crippen molar-refractivity contribution in [1.82, 2.24) is 0 Å². The maximum absolute atomic E-state index is 11.9. The Kier molecular flexibility index (Phi) is 2.24. The molecule has 15 heavy (non-hydrogen) atoms. The van der Waals surface area contributed by atoms with Gasteiger partial charge in [0.05, 0.1) is 10.6 Å². The van der Waals surface area contributed by atoms with Crippen molar-refractivity contribution in [2.24, 2.45) is 0 Å². The smallest absolute Gasteiger partial charge is 0.191 e. The molecule has 0 atom stereocenters. The Bertz CT molecular complexity index is 512. The van der Waals surface area contributed by atoms with Gasteiger partial charge in [-0.05, 0) is 19.9 Å². The molecule has 0 spiro atoms. The van der Waals surface area contributed by atoms with Gasteiger partial charge in [-0.1, -0.05) is 23.7 Å². The zero-order valence-electron chi connectivity index (χ0n) is 8.43. The van der Waals surface area contributed by atoms with Crippen LogP contribution in [0.3, 0.4) is 0 Å². The van der Waals surface area contributed by atoms with E-state index in [1.807, 2.05) is 0 Å². The number of Topliss-reactive ketones (excluding diaryl/α,β-unsaturated/α-hetero) is 2. The fraction of sp³-hybridized carbons (Fsp3) is 0.167. The highest BCUT2D eigenvalue weighted by molar-refractivity contribution is 6.38. The summed E-state index contributed by atoms with van der Waals surface area (Å²) in [4.78, 5) is 23.8. The van der Waals surface area contributed by atoms with Gasteiger partial charge in [0.2, 0.25) is 0 Å². The number of carbonyl (C=O) groups excluding carboxylic acids is 2. The van der Waals surface area contributed by atoms with Crippen LogP contribution in [-0.2, 0) is 0 Å². The number of hydrogen-bond donors (Lipinski definition) is 0. The molecule has 0 saturated heterocycles. The average molecular weight is 221 g/mol. The van der Waals surface area contributed by atoms with Crippen LogP contribution in [0.1, 0.15) is 34.6 Å². The summed E-state index contributed by atoms with van der Waals surface area (Å²) in [5.74, 6) is -0.252. The fourth-order valence-electron chi connectivity index (χ4n) is 1.67. The second-order valence-corrected chi connectivity index (χ2v) is 3.98. The molecule has 0 radical (unpaired) electrons. The van der Waals surface area contributed by atoms with Crippen LogP contribution < -0.4 is 0 Å². The molecule has 0 fully saturated rings. The lowest BCUT2D eigenvalue weighted by Crippen LogP contribution is -2.19. The van der Waals surface area contributed by atoms with E-state index in [9.17, 15) is 9.59 Å². The number of halogens is 1. The first-order valence-corrected chi connectivity index (χ1v) is 4.97. The summed E-state index contributed by atoms with van der Waals surface area (Å²) in [6.45, 7) is 3.32. The van der Waals surface area contributed by atoms with Crippen LogP contribution in [0.5, 0.6) is 0 Å². The Balaban J connectivity index is 2.79. The van der Waals surface area contributed by atoms with E-state index in [0.717, 1.165) is 0 Å². The molecule has 1 aromatic carbocycles. The standard InChI is InChI=1S/C12H9ClO2/c1-6-7(2)12(15)10-8(11(6)14)4-3-5-9(10)13/h3-5H,1-2H3. The number of carbonyl (C=O) groups is 2. The number of ketones is 2. The average Bonchev–Trinajstić information content (AvgIpc) is 2.23. The van der Waals surface area contributed by atoms with Crippen molar-refractivity contribution in [2.75, 3.05) is 0 Å². The van der Waals surface area contributed by atoms with Gasteiger partial charge in [0, 0.05) is 16.7 Å². The minimum absolute atomic E-state index is 0.107. The Morgan fingerprint density at radius 2 is 1.60 bits per heavy atom. The third-order valence-corrected chi connectivity index (χ3v) is 3.04. The third-order valence-electron chi connectivity index (χ3n) is 2.73. The van der Waals surface area contributed by atoms with E-state index in [0.29, 0.717) is 27.3 Å². The topological polar surface area (TPSA) is 34.1 Å². The van der Waals surface area contributed by atoms with Gasteiger partial charge < -0.3 is 0 Å². The van der Waals surface area contributed by atoms with Crippen molar-refractivity contribution < 1.29 is 9.59 Å². The molecule has 0 saturated carbocycles. The van der Waals surface area contributed by atoms with Gasteiger partial charge in [-0.3, -0.25) is 9.59 Å². The van der Waals surface area contributed by atoms with Crippen LogP contribution in [0, 0.1) is 0 Å². The van der Waals surface area contributed by atoms with Gasteiger partial charge in [-0.25, -0.2) is 0 Å². The van der Waals surface area contributed by atoms with Gasteiger partial charge in [-0.2, -0.15) is 0 Å². The van der Waals surface area contributed by atoms with Crippen LogP contribution in [0.15, 0.2) is 29.3 Å². The van der Waals surface area contributed by atoms with Crippen molar-refractivity contribution in [3.8, 4) is 0 Å². The Labute approximate surface area is 92.6 Å². The van der Waals surface area contributed by atoms with Gasteiger partial charge in [0.25, 0.3) is 0 Å². The van der Waals surface area contributed by atoms with Crippen molar-refractivity contribution >= 4 is 23.2 Å². The Hall–Kier alpha value is -1.41. The molecular formula is C12H9ClO2. The highest BCUT2D eigenvalue weighted by atomic mass is 35.5. The number of rotatable bonds is 0. The molecule has 3 heteroatoms. The predicted molar refractivity (Wildman–Crippen MR) is 58.5 cm³/mol. The van der Waals surface area contributed by atoms with Gasteiger partial charge >= 0.3 is 0 Å². The molecule has 2 nitrogen and oxygen atoms in total. The first-order chi connectivity index (χ1) is 7.04. The Morgan fingerprint density at radius 3 is 2.27 bits per heavy atom. The van der Waals surface area contributed by atoms with Crippen molar-refractivity contribution in [1.29, 1.82) is 0 Å². The molecule has 1 aliphatic carbocycles. The summed E-state index contributed by atoms with van der Waals surface area (Å²) < 4.78 is 0. The number of benzene rings is 1. The number of hydrogen-bond acceptors (Lipinski definition) is 2. The lowest BCUT2D eigenvalue weighted by Gasteiger charge is -2.17. The molecule has 0 heterocycles. The molecule has 1 aromatic rings. The molecule has 2 rings (SSSR count). The summed E-state index contributed by atoms with van der Waals surface area (Å²) in [5, 5.41) is 0.345. The maximum atomic E-state index is 11.9. The van der Waals surface area contributed by atoms with E-state index in [1.165, 1.54) is 0 Å². The maximum Gasteiger partial charge on any atom is 0.191 e. The third kappa shape index (κ3) is 1.33. The normalized spacial score (nSPS) is 15.7. The van der Waals surface area contributed by atoms with E-state index in [1.54, 1.807) is 32.0 Å². The predicted octanol–water partition coefficient (Wildman–Crippen LogP) is 3.06. The van der Waals surface area contributed by atoms with Gasteiger partial charge in [-0.15, -0.1) is 0 Å². The summed E-state index contributed by atoms with van der Waals surface area (Å²) in [7, 11) is 0. The molecule has 0 unspecified atom stereocenters. The lowest BCUT2D eigenvalue weighted by molar-refractivity contribution is 0.0975. The lowest BCUT2D eigenvalue weighted by atomic mass is 9.85. The van der Waals surface area contributed by atoms with Gasteiger partial charge in [0.15, 0.2) is 11.6 Å². The number of allylic oxidation sites excluding steroid dienone is 2. The summed E-state index contributed by atoms with van der Waals surface area (Å²) in [5.41, 5.74) is 1.75. The van der Waals surface area contributed by atoms with Gasteiger partial charge in [0.1, 0.15) is 0 Å². The molecule has 0 aliphatic heterocycles. The molecule has 0 aromatic heterocycles. The highest BCUT2D eigenvalue weighted by Crippen LogP contribution is 2.30. The van der Waals surface area contributed by atoms with Crippen LogP contribution in [0.4, 0.5) is 0 Å². The second kappa shape index (κ2) is 3.31. The summed E-state index contributed by atoms with van der Waals surface area (Å²) >= 11 is 5.92. The van der Waals surface area contributed by atoms with Crippen molar-refractivity contribution in [2.45, 2.75) is 13.8 Å². The summed E-state index contributed by atoms with van der Waals surface area (Å²) in [6, 6.07) is 4.94. The molecule has 1 aliphatic rings. The fourth-order valence-corrected chi connectivity index (χ4v) is 1.93. The molecular weight excluding hydrogens is 212 g/mol. The monoisotopic (exact) mass is 220 g/mol. The second-order valence-electron chi connectivity index (χ2n) is 3.57. The first-order valence-electron chi connectivity index (χ1n) is 4.59. The highest BCUT2D eigenvalue weighted by Gasteiger charge is 2.28. The molecule has 0 amide bonds. The molecule has 76 valence electrons. The van der Waals surface area contributed by atoms with E-state index in [4.69, 9.17) is 11.6 Å². The van der Waals surface area contributed by atoms with Crippen LogP contribution in [0.25, 0.3) is 0 Å². The first kappa shape index (κ1) is 10.1. The SMILES string of the molecule is CC1=C(C)C(=O)c2c(Cl)cccc2C1=O. The summed E-state index contributed by atoms with van der Waals surface area (Å²) in [6.07, 6.45) is 0. The minimum Gasteiger partial charge on any atom is -0.289 e. The van der Waals surface area contributed by atoms with Crippen LogP contribution in [0.2, 0.25) is 5.02 Å². The number of fused-ring (bicyclic) bond motifs is 1. The van der Waals surface area contributed by atoms with Crippen LogP contribution in [-0.4, -0.2) is 11.6 Å². The minimum atomic E-state index is -0.146. The van der Waals surface area contributed by atoms with Crippen molar-refractivity contribution in [3.05, 3.63) is 45.5 Å². The zero-order valence-corrected chi connectivity index (χ0v) is 9.18. The van der Waals surface area contributed by atoms with E-state index >= 15 is 0 Å². The van der Waals surface area contributed by atoms with Crippen molar-refractivity contribution in [3.63, 3.8) is 0 Å². The van der Waals surface area contributed by atoms with E-state index in [2.05, 4.69) is 0 Å². The Morgan fingerprint density at radius 1 is 1.00 bits per heavy atom. The molecule has 0 bridgehead atoms. The van der Waals surface area contributed by atoms with E-state index in [-0.39, 0.29) is 11.6 Å². The molecule has 0 N–H and O–H groups in total. The largest absolute Gasteiger partial charge is 0.289 e. The van der Waals surface area contributed by atoms with Crippen LogP contribution >= 0.6 is 11.6 Å².